The van der Waals surface area contributed by atoms with E-state index < -0.39 is 40.8 Å². The standard InChI is InChI=1S/C37H32F5N5O4/c1-18-43-33-28(45(18)2)14-25(37(40,41)42)31-21-5-3-9-47-29(13-19(34(21)47)7-10-51-36(31)33)35(50)20-11-26(38)32(27(39)12-20)44-30(49)6-4-8-46-15-22-23(16-46)24(22)17-48/h3-6,9,11-14,22-24,48H,7-8,10,15-17H2,1-2H3,(H,44,49)/b6-4+. The summed E-state index contributed by atoms with van der Waals surface area (Å²) in [6, 6.07) is 7.19. The lowest BCUT2D eigenvalue weighted by molar-refractivity contribution is -0.137. The number of aromatic nitrogens is 3. The monoisotopic (exact) mass is 705 g/mol. The molecule has 2 atom stereocenters. The number of fused-ring (bicyclic) bond motifs is 5. The van der Waals surface area contributed by atoms with Gasteiger partial charge in [0.2, 0.25) is 11.7 Å². The average Bonchev–Trinajstić information content (AvgIpc) is 3.32. The number of ketones is 1. The van der Waals surface area contributed by atoms with Gasteiger partial charge in [0.15, 0.2) is 5.75 Å². The topological polar surface area (TPSA) is 101 Å². The van der Waals surface area contributed by atoms with Gasteiger partial charge in [0.1, 0.15) is 28.7 Å². The predicted octanol–water partition coefficient (Wildman–Crippen LogP) is 5.93. The van der Waals surface area contributed by atoms with E-state index in [1.807, 2.05) is 0 Å². The molecule has 2 aromatic carbocycles. The van der Waals surface area contributed by atoms with Crippen molar-refractivity contribution in [2.75, 3.05) is 38.2 Å². The molecule has 5 heterocycles. The van der Waals surface area contributed by atoms with Crippen LogP contribution in [0.1, 0.15) is 33.0 Å². The first-order valence-electron chi connectivity index (χ1n) is 16.5. The van der Waals surface area contributed by atoms with E-state index in [0.717, 1.165) is 31.3 Å². The van der Waals surface area contributed by atoms with E-state index in [9.17, 15) is 27.9 Å². The van der Waals surface area contributed by atoms with Crippen LogP contribution in [0.15, 0.2) is 54.7 Å². The van der Waals surface area contributed by atoms with Gasteiger partial charge < -0.3 is 24.1 Å². The number of likely N-dealkylation sites (tertiary alicyclic amines) is 1. The van der Waals surface area contributed by atoms with Gasteiger partial charge in [-0.1, -0.05) is 12.1 Å². The molecule has 1 amide bonds. The van der Waals surface area contributed by atoms with Gasteiger partial charge in [0, 0.05) is 68.7 Å². The van der Waals surface area contributed by atoms with Crippen LogP contribution >= 0.6 is 0 Å². The van der Waals surface area contributed by atoms with Crippen molar-refractivity contribution in [3.8, 4) is 16.9 Å². The molecule has 2 fully saturated rings. The van der Waals surface area contributed by atoms with Crippen LogP contribution < -0.4 is 10.1 Å². The maximum atomic E-state index is 15.3. The van der Waals surface area contributed by atoms with Crippen LogP contribution in [0.5, 0.6) is 5.75 Å². The molecule has 2 unspecified atom stereocenters. The molecule has 0 bridgehead atoms. The van der Waals surface area contributed by atoms with Crippen molar-refractivity contribution in [3.63, 3.8) is 0 Å². The first-order chi connectivity index (χ1) is 24.3. The molecule has 1 saturated heterocycles. The second-order valence-electron chi connectivity index (χ2n) is 13.4. The summed E-state index contributed by atoms with van der Waals surface area (Å²) in [7, 11) is 1.63. The molecule has 2 aliphatic heterocycles. The minimum absolute atomic E-state index is 0.0167. The van der Waals surface area contributed by atoms with Crippen molar-refractivity contribution < 1.29 is 41.4 Å². The number of aliphatic hydroxyl groups is 1. The summed E-state index contributed by atoms with van der Waals surface area (Å²) >= 11 is 0. The zero-order chi connectivity index (χ0) is 35.9. The summed E-state index contributed by atoms with van der Waals surface area (Å²) in [6.45, 7) is 3.97. The molecule has 0 spiro atoms. The van der Waals surface area contributed by atoms with Gasteiger partial charge in [-0.2, -0.15) is 13.2 Å². The van der Waals surface area contributed by atoms with Crippen molar-refractivity contribution in [2.24, 2.45) is 24.8 Å². The number of ether oxygens (including phenoxy) is 1. The van der Waals surface area contributed by atoms with Gasteiger partial charge in [0.05, 0.1) is 28.9 Å². The quantitative estimate of drug-likeness (QED) is 0.124. The van der Waals surface area contributed by atoms with E-state index in [-0.39, 0.29) is 58.8 Å². The van der Waals surface area contributed by atoms with Crippen LogP contribution in [0.25, 0.3) is 27.7 Å². The smallest absolute Gasteiger partial charge is 0.417 e. The number of hydrogen-bond donors (Lipinski definition) is 2. The Morgan fingerprint density at radius 3 is 2.53 bits per heavy atom. The third-order valence-corrected chi connectivity index (χ3v) is 10.5. The number of nitrogens with one attached hydrogen (secondary N) is 1. The summed E-state index contributed by atoms with van der Waals surface area (Å²) in [4.78, 5) is 33.0. The number of anilines is 1. The molecule has 3 aliphatic rings. The van der Waals surface area contributed by atoms with E-state index in [1.165, 1.54) is 34.9 Å². The summed E-state index contributed by atoms with van der Waals surface area (Å²) in [5.41, 5.74) is -0.675. The third kappa shape index (κ3) is 5.48. The van der Waals surface area contributed by atoms with Crippen LogP contribution in [0, 0.1) is 36.3 Å². The second-order valence-corrected chi connectivity index (χ2v) is 13.4. The van der Waals surface area contributed by atoms with E-state index in [0.29, 0.717) is 41.2 Å². The number of amides is 1. The predicted molar refractivity (Wildman–Crippen MR) is 178 cm³/mol. The second kappa shape index (κ2) is 12.0. The first-order valence-corrected chi connectivity index (χ1v) is 16.5. The van der Waals surface area contributed by atoms with Crippen LogP contribution in [-0.2, 0) is 24.4 Å². The highest BCUT2D eigenvalue weighted by molar-refractivity contribution is 6.10. The number of aryl methyl sites for hydroxylation is 2. The van der Waals surface area contributed by atoms with Gasteiger partial charge in [-0.05, 0) is 60.6 Å². The van der Waals surface area contributed by atoms with Crippen LogP contribution in [0.3, 0.4) is 0 Å². The molecule has 9 nitrogen and oxygen atoms in total. The lowest BCUT2D eigenvalue weighted by atomic mass is 9.94. The van der Waals surface area contributed by atoms with Gasteiger partial charge in [-0.15, -0.1) is 0 Å². The fraction of sp³-hybridized carbons (Fsp3) is 0.324. The molecule has 264 valence electrons. The lowest BCUT2D eigenvalue weighted by Gasteiger charge is -2.22. The molecule has 3 aromatic heterocycles. The molecule has 14 heteroatoms. The van der Waals surface area contributed by atoms with Crippen molar-refractivity contribution >= 4 is 33.9 Å². The number of imidazole rings is 1. The Bertz CT molecular complexity index is 2270. The van der Waals surface area contributed by atoms with Crippen LogP contribution in [-0.4, -0.2) is 68.5 Å². The lowest BCUT2D eigenvalue weighted by Crippen LogP contribution is -2.25. The van der Waals surface area contributed by atoms with Gasteiger partial charge in [-0.25, -0.2) is 13.8 Å². The zero-order valence-electron chi connectivity index (χ0n) is 27.5. The normalized spacial score (nSPS) is 20.0. The van der Waals surface area contributed by atoms with Crippen LogP contribution in [0.2, 0.25) is 0 Å². The number of rotatable bonds is 7. The fourth-order valence-corrected chi connectivity index (χ4v) is 7.81. The summed E-state index contributed by atoms with van der Waals surface area (Å²) in [5.74, 6) is -2.08. The Morgan fingerprint density at radius 1 is 1.12 bits per heavy atom. The summed E-state index contributed by atoms with van der Waals surface area (Å²) in [5, 5.41) is 11.5. The molecule has 1 aliphatic carbocycles. The Balaban J connectivity index is 1.10. The molecular formula is C37H32F5N5O4. The molecule has 8 rings (SSSR count). The van der Waals surface area contributed by atoms with Crippen LogP contribution in [0.4, 0.5) is 27.6 Å². The number of carbonyl (C=O) groups is 2. The minimum atomic E-state index is -4.77. The average molecular weight is 706 g/mol. The Labute approximate surface area is 287 Å². The highest BCUT2D eigenvalue weighted by Crippen LogP contribution is 2.51. The molecule has 2 N–H and O–H groups in total. The number of alkyl halides is 3. The number of halogens is 5. The van der Waals surface area contributed by atoms with Gasteiger partial charge in [0.25, 0.3) is 0 Å². The zero-order valence-corrected chi connectivity index (χ0v) is 27.5. The molecule has 1 saturated carbocycles. The van der Waals surface area contributed by atoms with Gasteiger partial charge in [-0.3, -0.25) is 14.5 Å². The van der Waals surface area contributed by atoms with E-state index in [4.69, 9.17) is 4.74 Å². The number of pyridine rings is 1. The maximum absolute atomic E-state index is 15.3. The number of carbonyl (C=O) groups excluding carboxylic acids is 2. The highest BCUT2D eigenvalue weighted by atomic mass is 19.4. The number of benzene rings is 2. The maximum Gasteiger partial charge on any atom is 0.417 e. The molecular weight excluding hydrogens is 673 g/mol. The van der Waals surface area contributed by atoms with Crippen molar-refractivity contribution in [2.45, 2.75) is 19.5 Å². The number of hydrogen-bond acceptors (Lipinski definition) is 6. The summed E-state index contributed by atoms with van der Waals surface area (Å²) < 4.78 is 83.6. The van der Waals surface area contributed by atoms with Crippen molar-refractivity contribution in [3.05, 3.63) is 94.6 Å². The summed E-state index contributed by atoms with van der Waals surface area (Å²) in [6.07, 6.45) is -0.240. The van der Waals surface area contributed by atoms with E-state index >= 15 is 8.78 Å². The first kappa shape index (κ1) is 33.1. The molecule has 0 radical (unpaired) electrons. The number of nitrogens with zero attached hydrogens (tertiary/aromatic N) is 4. The van der Waals surface area contributed by atoms with E-state index in [2.05, 4.69) is 15.2 Å². The Hall–Kier alpha value is -5.08. The number of piperidine rings is 1. The fourth-order valence-electron chi connectivity index (χ4n) is 7.81. The van der Waals surface area contributed by atoms with Gasteiger partial charge >= 0.3 is 6.18 Å². The van der Waals surface area contributed by atoms with E-state index in [1.54, 1.807) is 24.6 Å². The molecule has 5 aromatic rings. The largest absolute Gasteiger partial charge is 0.490 e. The Morgan fingerprint density at radius 2 is 1.84 bits per heavy atom. The SMILES string of the molecule is Cc1nc2c3c(c(C(F)(F)F)cc2n1C)-c1cccn2c(C(=O)c4cc(F)c(NC(=O)/C=C/CN5CC6C(CO)C6C5)c(F)c4)cc(c12)CCO3. The third-order valence-electron chi connectivity index (χ3n) is 10.5. The van der Waals surface area contributed by atoms with Crippen molar-refractivity contribution in [1.29, 1.82) is 0 Å². The minimum Gasteiger partial charge on any atom is -0.490 e. The van der Waals surface area contributed by atoms with Crippen molar-refractivity contribution in [1.82, 2.24) is 18.9 Å². The number of aliphatic hydroxyl groups excluding tert-OH is 1. The Kier molecular flexibility index (Phi) is 7.79. The highest BCUT2D eigenvalue weighted by Gasteiger charge is 2.54. The molecule has 51 heavy (non-hydrogen) atoms.